The topological polar surface area (TPSA) is 110 Å². The number of rotatable bonds is 7. The molecule has 7 nitrogen and oxygen atoms in total. The molecule has 2 N–H and O–H groups in total. The van der Waals surface area contributed by atoms with E-state index in [4.69, 9.17) is 0 Å². The summed E-state index contributed by atoms with van der Waals surface area (Å²) >= 11 is 0. The summed E-state index contributed by atoms with van der Waals surface area (Å²) in [5, 5.41) is 20.0. The van der Waals surface area contributed by atoms with Crippen molar-refractivity contribution in [2.45, 2.75) is 38.1 Å². The van der Waals surface area contributed by atoms with Gasteiger partial charge in [-0.2, -0.15) is 0 Å². The number of hydrogen-bond donors (Lipinski definition) is 2. The number of hydrogen-bond acceptors (Lipinski definition) is 5. The first-order valence-corrected chi connectivity index (χ1v) is 8.04. The number of aliphatic hydroxyl groups is 1. The molecule has 0 saturated heterocycles. The summed E-state index contributed by atoms with van der Waals surface area (Å²) in [6, 6.07) is 3.06. The van der Waals surface area contributed by atoms with Crippen molar-refractivity contribution < 1.29 is 18.4 Å². The Morgan fingerprint density at radius 2 is 2.00 bits per heavy atom. The Labute approximate surface area is 124 Å². The largest absolute Gasteiger partial charge is 0.395 e. The highest BCUT2D eigenvalue weighted by Gasteiger charge is 2.24. The molecule has 1 aromatic carbocycles. The standard InChI is InChI=1S/C13H20N2O5S/c1-9(2)6-11(8-16)14-21(19,20)13-7-12(15(17)18)5-4-10(13)3/h4-5,7,9,11,14,16H,6,8H2,1-3H3. The lowest BCUT2D eigenvalue weighted by atomic mass is 10.1. The van der Waals surface area contributed by atoms with Gasteiger partial charge < -0.3 is 5.11 Å². The summed E-state index contributed by atoms with van der Waals surface area (Å²) in [5.74, 6) is 0.205. The highest BCUT2D eigenvalue weighted by atomic mass is 32.2. The number of aliphatic hydroxyl groups excluding tert-OH is 1. The Bertz CT molecular complexity index is 613. The van der Waals surface area contributed by atoms with Gasteiger partial charge in [0.25, 0.3) is 5.69 Å². The molecule has 1 atom stereocenters. The van der Waals surface area contributed by atoms with Crippen LogP contribution in [0.15, 0.2) is 23.1 Å². The summed E-state index contributed by atoms with van der Waals surface area (Å²) in [4.78, 5) is 9.98. The SMILES string of the molecule is Cc1ccc([N+](=O)[O-])cc1S(=O)(=O)NC(CO)CC(C)C. The second-order valence-corrected chi connectivity index (χ2v) is 7.02. The number of nitro benzene ring substituents is 1. The van der Waals surface area contributed by atoms with Gasteiger partial charge in [0.2, 0.25) is 10.0 Å². The molecular formula is C13H20N2O5S. The maximum absolute atomic E-state index is 12.3. The highest BCUT2D eigenvalue weighted by molar-refractivity contribution is 7.89. The molecule has 0 radical (unpaired) electrons. The van der Waals surface area contributed by atoms with Crippen LogP contribution in [-0.2, 0) is 10.0 Å². The molecule has 0 aromatic heterocycles. The Balaban J connectivity index is 3.12. The molecule has 0 saturated carbocycles. The first-order chi connectivity index (χ1) is 9.67. The molecule has 0 aliphatic carbocycles. The third kappa shape index (κ3) is 4.76. The minimum atomic E-state index is -3.92. The van der Waals surface area contributed by atoms with Crippen LogP contribution in [0.25, 0.3) is 0 Å². The molecule has 0 heterocycles. The van der Waals surface area contributed by atoms with Crippen LogP contribution in [-0.4, -0.2) is 31.1 Å². The zero-order valence-electron chi connectivity index (χ0n) is 12.2. The number of non-ortho nitro benzene ring substituents is 1. The zero-order valence-corrected chi connectivity index (χ0v) is 13.1. The molecule has 8 heteroatoms. The summed E-state index contributed by atoms with van der Waals surface area (Å²) in [6.45, 7) is 5.06. The van der Waals surface area contributed by atoms with Crippen molar-refractivity contribution in [3.8, 4) is 0 Å². The number of aryl methyl sites for hydroxylation is 1. The normalized spacial score (nSPS) is 13.4. The van der Waals surface area contributed by atoms with Crippen molar-refractivity contribution in [1.29, 1.82) is 0 Å². The smallest absolute Gasteiger partial charge is 0.270 e. The average Bonchev–Trinajstić information content (AvgIpc) is 2.36. The van der Waals surface area contributed by atoms with Crippen molar-refractivity contribution >= 4 is 15.7 Å². The summed E-state index contributed by atoms with van der Waals surface area (Å²) < 4.78 is 27.1. The van der Waals surface area contributed by atoms with E-state index in [1.807, 2.05) is 13.8 Å². The van der Waals surface area contributed by atoms with Gasteiger partial charge >= 0.3 is 0 Å². The Morgan fingerprint density at radius 1 is 1.38 bits per heavy atom. The fraction of sp³-hybridized carbons (Fsp3) is 0.538. The Hall–Kier alpha value is -1.51. The van der Waals surface area contributed by atoms with Crippen LogP contribution in [0.4, 0.5) is 5.69 Å². The predicted octanol–water partition coefficient (Wildman–Crippen LogP) is 1.59. The van der Waals surface area contributed by atoms with Gasteiger partial charge in [0.1, 0.15) is 0 Å². The molecule has 21 heavy (non-hydrogen) atoms. The Morgan fingerprint density at radius 3 is 2.48 bits per heavy atom. The fourth-order valence-electron chi connectivity index (χ4n) is 2.00. The van der Waals surface area contributed by atoms with Crippen LogP contribution < -0.4 is 4.72 Å². The van der Waals surface area contributed by atoms with Crippen LogP contribution in [0.5, 0.6) is 0 Å². The second kappa shape index (κ2) is 6.97. The summed E-state index contributed by atoms with van der Waals surface area (Å²) in [6.07, 6.45) is 0.476. The minimum Gasteiger partial charge on any atom is -0.395 e. The zero-order chi connectivity index (χ0) is 16.2. The molecule has 0 amide bonds. The van der Waals surface area contributed by atoms with Crippen molar-refractivity contribution in [3.63, 3.8) is 0 Å². The first-order valence-electron chi connectivity index (χ1n) is 6.55. The first kappa shape index (κ1) is 17.5. The molecule has 1 aromatic rings. The van der Waals surface area contributed by atoms with Gasteiger partial charge in [0, 0.05) is 18.2 Å². The van der Waals surface area contributed by atoms with E-state index in [0.717, 1.165) is 6.07 Å². The lowest BCUT2D eigenvalue weighted by Gasteiger charge is -2.19. The van der Waals surface area contributed by atoms with Crippen molar-refractivity contribution in [1.82, 2.24) is 4.72 Å². The highest BCUT2D eigenvalue weighted by Crippen LogP contribution is 2.22. The minimum absolute atomic E-state index is 0.140. The maximum Gasteiger partial charge on any atom is 0.270 e. The van der Waals surface area contributed by atoms with Crippen LogP contribution in [0.1, 0.15) is 25.8 Å². The third-order valence-electron chi connectivity index (χ3n) is 2.97. The molecule has 0 spiro atoms. The molecule has 0 bridgehead atoms. The third-order valence-corrected chi connectivity index (χ3v) is 4.63. The molecule has 0 fully saturated rings. The van der Waals surface area contributed by atoms with E-state index in [2.05, 4.69) is 4.72 Å². The van der Waals surface area contributed by atoms with E-state index in [1.165, 1.54) is 12.1 Å². The number of benzene rings is 1. The van der Waals surface area contributed by atoms with Gasteiger partial charge in [-0.25, -0.2) is 13.1 Å². The molecule has 0 aliphatic rings. The molecule has 1 unspecified atom stereocenters. The van der Waals surface area contributed by atoms with E-state index < -0.39 is 21.0 Å². The molecule has 118 valence electrons. The van der Waals surface area contributed by atoms with Crippen molar-refractivity contribution in [2.75, 3.05) is 6.61 Å². The van der Waals surface area contributed by atoms with Gasteiger partial charge in [-0.1, -0.05) is 19.9 Å². The van der Waals surface area contributed by atoms with Gasteiger partial charge in [0.05, 0.1) is 16.4 Å². The fourth-order valence-corrected chi connectivity index (χ4v) is 3.51. The van der Waals surface area contributed by atoms with E-state index in [0.29, 0.717) is 12.0 Å². The van der Waals surface area contributed by atoms with Gasteiger partial charge in [-0.3, -0.25) is 10.1 Å². The molecule has 0 aliphatic heterocycles. The van der Waals surface area contributed by atoms with Crippen LogP contribution in [0.2, 0.25) is 0 Å². The maximum atomic E-state index is 12.3. The van der Waals surface area contributed by atoms with Crippen molar-refractivity contribution in [2.24, 2.45) is 5.92 Å². The second-order valence-electron chi connectivity index (χ2n) is 5.34. The van der Waals surface area contributed by atoms with E-state index in [-0.39, 0.29) is 23.1 Å². The van der Waals surface area contributed by atoms with Crippen molar-refractivity contribution in [3.05, 3.63) is 33.9 Å². The molecule has 1 rings (SSSR count). The van der Waals surface area contributed by atoms with Gasteiger partial charge in [-0.15, -0.1) is 0 Å². The predicted molar refractivity (Wildman–Crippen MR) is 78.5 cm³/mol. The van der Waals surface area contributed by atoms with E-state index in [9.17, 15) is 23.6 Å². The number of nitro groups is 1. The van der Waals surface area contributed by atoms with E-state index in [1.54, 1.807) is 6.92 Å². The van der Waals surface area contributed by atoms with Crippen LogP contribution >= 0.6 is 0 Å². The lowest BCUT2D eigenvalue weighted by Crippen LogP contribution is -2.38. The number of nitrogens with zero attached hydrogens (tertiary/aromatic N) is 1. The van der Waals surface area contributed by atoms with Crippen LogP contribution in [0.3, 0.4) is 0 Å². The summed E-state index contributed by atoms with van der Waals surface area (Å²) in [5.41, 5.74) is 0.125. The quantitative estimate of drug-likeness (QED) is 0.586. The average molecular weight is 316 g/mol. The summed E-state index contributed by atoms with van der Waals surface area (Å²) in [7, 11) is -3.92. The van der Waals surface area contributed by atoms with Gasteiger partial charge in [0.15, 0.2) is 0 Å². The van der Waals surface area contributed by atoms with E-state index >= 15 is 0 Å². The number of sulfonamides is 1. The van der Waals surface area contributed by atoms with Crippen LogP contribution in [0, 0.1) is 23.0 Å². The lowest BCUT2D eigenvalue weighted by molar-refractivity contribution is -0.385. The molecular weight excluding hydrogens is 296 g/mol. The number of nitrogens with one attached hydrogen (secondary N) is 1. The van der Waals surface area contributed by atoms with Gasteiger partial charge in [-0.05, 0) is 24.8 Å². The monoisotopic (exact) mass is 316 g/mol. The Kier molecular flexibility index (Phi) is 5.82.